The quantitative estimate of drug-likeness (QED) is 0.592. The van der Waals surface area contributed by atoms with E-state index in [-0.39, 0.29) is 12.1 Å². The zero-order valence-electron chi connectivity index (χ0n) is 15.3. The van der Waals surface area contributed by atoms with Crippen LogP contribution in [0.3, 0.4) is 0 Å². The summed E-state index contributed by atoms with van der Waals surface area (Å²) in [7, 11) is 0. The fourth-order valence-corrected chi connectivity index (χ4v) is 5.15. The third-order valence-corrected chi connectivity index (χ3v) is 6.64. The van der Waals surface area contributed by atoms with Gasteiger partial charge in [-0.05, 0) is 56.0 Å². The van der Waals surface area contributed by atoms with E-state index < -0.39 is 0 Å². The highest BCUT2D eigenvalue weighted by Crippen LogP contribution is 2.37. The first-order chi connectivity index (χ1) is 12.3. The van der Waals surface area contributed by atoms with Crippen LogP contribution in [0, 0.1) is 5.92 Å². The lowest BCUT2D eigenvalue weighted by Gasteiger charge is -2.24. The second-order valence-corrected chi connectivity index (χ2v) is 8.56. The van der Waals surface area contributed by atoms with Gasteiger partial charge >= 0.3 is 6.03 Å². The van der Waals surface area contributed by atoms with Crippen molar-refractivity contribution in [2.24, 2.45) is 5.92 Å². The van der Waals surface area contributed by atoms with Crippen LogP contribution in [0.15, 0.2) is 17.5 Å². The number of carbonyl (C=O) groups is 1. The lowest BCUT2D eigenvalue weighted by molar-refractivity contribution is 0.231. The molecule has 0 radical (unpaired) electrons. The van der Waals surface area contributed by atoms with Gasteiger partial charge in [-0.1, -0.05) is 38.2 Å². The topological polar surface area (TPSA) is 53.2 Å². The van der Waals surface area contributed by atoms with E-state index in [0.29, 0.717) is 12.0 Å². The molecule has 1 aromatic heterocycles. The first-order valence-electron chi connectivity index (χ1n) is 10.1. The van der Waals surface area contributed by atoms with Crippen molar-refractivity contribution in [1.82, 2.24) is 16.0 Å². The number of rotatable bonds is 8. The van der Waals surface area contributed by atoms with E-state index >= 15 is 0 Å². The normalized spacial score (nSPS) is 20.5. The Hall–Kier alpha value is -1.07. The third kappa shape index (κ3) is 6.00. The molecule has 2 aliphatic carbocycles. The van der Waals surface area contributed by atoms with E-state index in [4.69, 9.17) is 0 Å². The van der Waals surface area contributed by atoms with Crippen LogP contribution in [-0.4, -0.2) is 25.2 Å². The lowest BCUT2D eigenvalue weighted by Crippen LogP contribution is -2.41. The molecule has 5 heteroatoms. The maximum absolute atomic E-state index is 12.3. The minimum atomic E-state index is -0.0111. The summed E-state index contributed by atoms with van der Waals surface area (Å²) in [5.41, 5.74) is 0. The van der Waals surface area contributed by atoms with Gasteiger partial charge in [0.15, 0.2) is 0 Å². The summed E-state index contributed by atoms with van der Waals surface area (Å²) in [6.07, 6.45) is 12.8. The van der Waals surface area contributed by atoms with Crippen LogP contribution in [0.25, 0.3) is 0 Å². The van der Waals surface area contributed by atoms with Gasteiger partial charge < -0.3 is 16.0 Å². The molecule has 0 aliphatic heterocycles. The predicted molar refractivity (Wildman–Crippen MR) is 105 cm³/mol. The average Bonchev–Trinajstić information content (AvgIpc) is 3.34. The summed E-state index contributed by atoms with van der Waals surface area (Å²) in [5.74, 6) is 0.595. The molecule has 2 aliphatic rings. The molecule has 1 heterocycles. The second kappa shape index (κ2) is 10.2. The number of amides is 2. The molecule has 4 nitrogen and oxygen atoms in total. The summed E-state index contributed by atoms with van der Waals surface area (Å²) in [5, 5.41) is 12.0. The van der Waals surface area contributed by atoms with Gasteiger partial charge in [-0.2, -0.15) is 0 Å². The van der Waals surface area contributed by atoms with Crippen LogP contribution in [0.4, 0.5) is 4.79 Å². The highest BCUT2D eigenvalue weighted by atomic mass is 32.1. The van der Waals surface area contributed by atoms with Crippen molar-refractivity contribution in [3.63, 3.8) is 0 Å². The van der Waals surface area contributed by atoms with Gasteiger partial charge in [0.2, 0.25) is 0 Å². The van der Waals surface area contributed by atoms with Gasteiger partial charge in [0.05, 0.1) is 6.04 Å². The van der Waals surface area contributed by atoms with Crippen LogP contribution in [-0.2, 0) is 0 Å². The molecule has 1 unspecified atom stereocenters. The van der Waals surface area contributed by atoms with Crippen molar-refractivity contribution in [2.75, 3.05) is 13.1 Å². The lowest BCUT2D eigenvalue weighted by atomic mass is 9.95. The Bertz CT molecular complexity index is 493. The molecule has 2 saturated carbocycles. The van der Waals surface area contributed by atoms with Gasteiger partial charge in [0.25, 0.3) is 0 Å². The summed E-state index contributed by atoms with van der Waals surface area (Å²) in [4.78, 5) is 13.6. The SMILES string of the molecule is O=C(NCCCNC1CCCCC1)NC(c1cccs1)C1CCCC1. The Labute approximate surface area is 156 Å². The van der Waals surface area contributed by atoms with Crippen molar-refractivity contribution in [3.05, 3.63) is 22.4 Å². The number of urea groups is 1. The van der Waals surface area contributed by atoms with Crippen LogP contribution >= 0.6 is 11.3 Å². The van der Waals surface area contributed by atoms with Gasteiger partial charge in [0.1, 0.15) is 0 Å². The van der Waals surface area contributed by atoms with Gasteiger partial charge in [-0.15, -0.1) is 11.3 Å². The average molecular weight is 364 g/mol. The first-order valence-corrected chi connectivity index (χ1v) is 11.0. The van der Waals surface area contributed by atoms with E-state index in [0.717, 1.165) is 19.5 Å². The van der Waals surface area contributed by atoms with Crippen molar-refractivity contribution in [1.29, 1.82) is 0 Å². The molecule has 3 rings (SSSR count). The molecule has 0 spiro atoms. The summed E-state index contributed by atoms with van der Waals surface area (Å²) in [6, 6.07) is 5.11. The molecule has 25 heavy (non-hydrogen) atoms. The minimum Gasteiger partial charge on any atom is -0.338 e. The Morgan fingerprint density at radius 2 is 1.84 bits per heavy atom. The Kier molecular flexibility index (Phi) is 7.61. The van der Waals surface area contributed by atoms with Crippen molar-refractivity contribution in [3.8, 4) is 0 Å². The largest absolute Gasteiger partial charge is 0.338 e. The van der Waals surface area contributed by atoms with Crippen molar-refractivity contribution in [2.45, 2.75) is 76.3 Å². The van der Waals surface area contributed by atoms with Crippen molar-refractivity contribution < 1.29 is 4.79 Å². The molecule has 0 aromatic carbocycles. The van der Waals surface area contributed by atoms with Gasteiger partial charge in [0, 0.05) is 17.5 Å². The van der Waals surface area contributed by atoms with Gasteiger partial charge in [-0.3, -0.25) is 0 Å². The summed E-state index contributed by atoms with van der Waals surface area (Å²) >= 11 is 1.76. The molecule has 1 atom stereocenters. The molecular formula is C20H33N3OS. The number of nitrogens with one attached hydrogen (secondary N) is 3. The summed E-state index contributed by atoms with van der Waals surface area (Å²) < 4.78 is 0. The highest BCUT2D eigenvalue weighted by molar-refractivity contribution is 7.10. The number of carbonyl (C=O) groups excluding carboxylic acids is 1. The zero-order chi connectivity index (χ0) is 17.3. The fraction of sp³-hybridized carbons (Fsp3) is 0.750. The predicted octanol–water partition coefficient (Wildman–Crippen LogP) is 4.59. The van der Waals surface area contributed by atoms with Crippen LogP contribution in [0.5, 0.6) is 0 Å². The first kappa shape index (κ1) is 18.7. The van der Waals surface area contributed by atoms with Crippen molar-refractivity contribution >= 4 is 17.4 Å². The number of hydrogen-bond donors (Lipinski definition) is 3. The smallest absolute Gasteiger partial charge is 0.315 e. The molecule has 1 aromatic rings. The summed E-state index contributed by atoms with van der Waals surface area (Å²) in [6.45, 7) is 1.75. The van der Waals surface area contributed by atoms with E-state index in [1.807, 2.05) is 0 Å². The van der Waals surface area contributed by atoms with Gasteiger partial charge in [-0.25, -0.2) is 4.79 Å². The fourth-order valence-electron chi connectivity index (χ4n) is 4.28. The number of thiophene rings is 1. The molecule has 3 N–H and O–H groups in total. The molecule has 2 fully saturated rings. The maximum atomic E-state index is 12.3. The third-order valence-electron chi connectivity index (χ3n) is 5.68. The standard InChI is InChI=1S/C20H33N3OS/c24-20(22-14-7-13-21-17-10-2-1-3-11-17)23-19(16-8-4-5-9-16)18-12-6-15-25-18/h6,12,15-17,19,21H,1-5,7-11,13-14H2,(H2,22,23,24). The van der Waals surface area contributed by atoms with Crippen LogP contribution < -0.4 is 16.0 Å². The van der Waals surface area contributed by atoms with E-state index in [1.165, 1.54) is 62.7 Å². The van der Waals surface area contributed by atoms with E-state index in [2.05, 4.69) is 33.5 Å². The molecule has 0 saturated heterocycles. The Morgan fingerprint density at radius 3 is 2.56 bits per heavy atom. The van der Waals surface area contributed by atoms with Crippen LogP contribution in [0.2, 0.25) is 0 Å². The Morgan fingerprint density at radius 1 is 1.08 bits per heavy atom. The zero-order valence-corrected chi connectivity index (χ0v) is 16.1. The second-order valence-electron chi connectivity index (χ2n) is 7.58. The highest BCUT2D eigenvalue weighted by Gasteiger charge is 2.28. The molecule has 2 amide bonds. The van der Waals surface area contributed by atoms with E-state index in [9.17, 15) is 4.79 Å². The molecular weight excluding hydrogens is 330 g/mol. The van der Waals surface area contributed by atoms with Crippen LogP contribution in [0.1, 0.15) is 75.1 Å². The number of hydrogen-bond acceptors (Lipinski definition) is 3. The molecule has 140 valence electrons. The monoisotopic (exact) mass is 363 g/mol. The van der Waals surface area contributed by atoms with E-state index in [1.54, 1.807) is 11.3 Å². The maximum Gasteiger partial charge on any atom is 0.315 e. The Balaban J connectivity index is 1.35. The minimum absolute atomic E-state index is 0.0111. The molecule has 0 bridgehead atoms.